The van der Waals surface area contributed by atoms with Gasteiger partial charge in [-0.25, -0.2) is 0 Å². The maximum atomic E-state index is 12.9. The number of likely N-dealkylation sites (tertiary alicyclic amines) is 1. The van der Waals surface area contributed by atoms with E-state index in [0.29, 0.717) is 73.5 Å². The largest absolute Gasteiger partial charge is 0.493 e. The van der Waals surface area contributed by atoms with Crippen molar-refractivity contribution in [1.29, 1.82) is 0 Å². The highest BCUT2D eigenvalue weighted by molar-refractivity contribution is 6.04. The Labute approximate surface area is 215 Å². The Kier molecular flexibility index (Phi) is 8.52. The molecule has 1 fully saturated rings. The standard InChI is InChI=1S/C27H31N5O5/c1-4-13-28-27(34)20-7-5-6-8-21(20)29-26(33)18-11-14-32(15-12-18)17-24-30-25(31-37-24)19-9-10-22(35-2)23(16-19)36-3/h4-10,16,18H,1,11-15,17H2,2-3H3,(H,28,34)(H,29,33). The summed E-state index contributed by atoms with van der Waals surface area (Å²) in [5.41, 5.74) is 1.70. The SMILES string of the molecule is C=CCNC(=O)c1ccccc1NC(=O)C1CCN(Cc2nc(-c3ccc(OC)c(OC)c3)no2)CC1. The van der Waals surface area contributed by atoms with Gasteiger partial charge in [0.1, 0.15) is 0 Å². The zero-order valence-electron chi connectivity index (χ0n) is 21.0. The fourth-order valence-corrected chi connectivity index (χ4v) is 4.24. The van der Waals surface area contributed by atoms with Crippen molar-refractivity contribution >= 4 is 17.5 Å². The molecule has 2 heterocycles. The Morgan fingerprint density at radius 2 is 1.89 bits per heavy atom. The molecule has 0 unspecified atom stereocenters. The number of rotatable bonds is 10. The molecule has 0 atom stereocenters. The van der Waals surface area contributed by atoms with Crippen LogP contribution in [0, 0.1) is 5.92 Å². The summed E-state index contributed by atoms with van der Waals surface area (Å²) in [5, 5.41) is 9.79. The maximum absolute atomic E-state index is 12.9. The molecule has 10 nitrogen and oxygen atoms in total. The summed E-state index contributed by atoms with van der Waals surface area (Å²) < 4.78 is 16.1. The van der Waals surface area contributed by atoms with E-state index in [9.17, 15) is 9.59 Å². The number of amides is 2. The molecule has 194 valence electrons. The van der Waals surface area contributed by atoms with Crippen molar-refractivity contribution in [1.82, 2.24) is 20.4 Å². The van der Waals surface area contributed by atoms with Crippen molar-refractivity contribution in [3.63, 3.8) is 0 Å². The van der Waals surface area contributed by atoms with E-state index in [1.165, 1.54) is 0 Å². The lowest BCUT2D eigenvalue weighted by Crippen LogP contribution is -2.38. The van der Waals surface area contributed by atoms with Gasteiger partial charge in [-0.05, 0) is 56.3 Å². The summed E-state index contributed by atoms with van der Waals surface area (Å²) in [5.74, 6) is 1.71. The normalized spacial score (nSPS) is 14.1. The molecule has 0 radical (unpaired) electrons. The molecule has 0 spiro atoms. The van der Waals surface area contributed by atoms with Crippen LogP contribution in [0.15, 0.2) is 59.6 Å². The lowest BCUT2D eigenvalue weighted by atomic mass is 9.95. The third kappa shape index (κ3) is 6.34. The van der Waals surface area contributed by atoms with Crippen LogP contribution >= 0.6 is 0 Å². The van der Waals surface area contributed by atoms with E-state index >= 15 is 0 Å². The monoisotopic (exact) mass is 505 g/mol. The van der Waals surface area contributed by atoms with Crippen molar-refractivity contribution in [2.45, 2.75) is 19.4 Å². The van der Waals surface area contributed by atoms with E-state index in [-0.39, 0.29) is 17.7 Å². The van der Waals surface area contributed by atoms with Crippen LogP contribution in [-0.2, 0) is 11.3 Å². The number of hydrogen-bond acceptors (Lipinski definition) is 8. The van der Waals surface area contributed by atoms with Gasteiger partial charge in [-0.15, -0.1) is 6.58 Å². The molecule has 4 rings (SSSR count). The number of benzene rings is 2. The third-order valence-corrected chi connectivity index (χ3v) is 6.26. The second-order valence-corrected chi connectivity index (χ2v) is 8.67. The van der Waals surface area contributed by atoms with Crippen LogP contribution in [0.2, 0.25) is 0 Å². The molecule has 1 aliphatic heterocycles. The van der Waals surface area contributed by atoms with E-state index in [0.717, 1.165) is 5.56 Å². The molecule has 37 heavy (non-hydrogen) atoms. The number of methoxy groups -OCH3 is 2. The van der Waals surface area contributed by atoms with Gasteiger partial charge in [0.05, 0.1) is 32.0 Å². The van der Waals surface area contributed by atoms with E-state index < -0.39 is 0 Å². The summed E-state index contributed by atoms with van der Waals surface area (Å²) in [4.78, 5) is 32.1. The first kappa shape index (κ1) is 25.9. The molecular weight excluding hydrogens is 474 g/mol. The lowest BCUT2D eigenvalue weighted by molar-refractivity contribution is -0.121. The highest BCUT2D eigenvalue weighted by Gasteiger charge is 2.27. The predicted octanol–water partition coefficient (Wildman–Crippen LogP) is 3.52. The first-order valence-electron chi connectivity index (χ1n) is 12.1. The van der Waals surface area contributed by atoms with Gasteiger partial charge in [-0.3, -0.25) is 14.5 Å². The van der Waals surface area contributed by atoms with Crippen molar-refractivity contribution in [2.24, 2.45) is 5.92 Å². The number of piperidine rings is 1. The van der Waals surface area contributed by atoms with E-state index in [1.807, 2.05) is 6.07 Å². The van der Waals surface area contributed by atoms with E-state index in [2.05, 4.69) is 32.3 Å². The number of para-hydroxylation sites is 1. The fourth-order valence-electron chi connectivity index (χ4n) is 4.24. The molecule has 2 aromatic carbocycles. The first-order chi connectivity index (χ1) is 18.0. The molecule has 0 bridgehead atoms. The number of nitrogens with one attached hydrogen (secondary N) is 2. The van der Waals surface area contributed by atoms with Gasteiger partial charge >= 0.3 is 0 Å². The molecular formula is C27H31N5O5. The number of nitrogens with zero attached hydrogens (tertiary/aromatic N) is 3. The molecule has 2 amide bonds. The Balaban J connectivity index is 1.31. The summed E-state index contributed by atoms with van der Waals surface area (Å²) in [7, 11) is 3.16. The first-order valence-corrected chi connectivity index (χ1v) is 12.1. The number of hydrogen-bond donors (Lipinski definition) is 2. The molecule has 0 aliphatic carbocycles. The Hall–Kier alpha value is -4.18. The zero-order valence-corrected chi connectivity index (χ0v) is 21.0. The van der Waals surface area contributed by atoms with Crippen LogP contribution < -0.4 is 20.1 Å². The summed E-state index contributed by atoms with van der Waals surface area (Å²) >= 11 is 0. The maximum Gasteiger partial charge on any atom is 0.253 e. The second-order valence-electron chi connectivity index (χ2n) is 8.67. The Morgan fingerprint density at radius 3 is 2.62 bits per heavy atom. The number of carbonyl (C=O) groups excluding carboxylic acids is 2. The minimum Gasteiger partial charge on any atom is -0.493 e. The predicted molar refractivity (Wildman–Crippen MR) is 138 cm³/mol. The van der Waals surface area contributed by atoms with Gasteiger partial charge in [0.15, 0.2) is 11.5 Å². The summed E-state index contributed by atoms with van der Waals surface area (Å²) in [6.07, 6.45) is 2.99. The van der Waals surface area contributed by atoms with Crippen LogP contribution in [0.4, 0.5) is 5.69 Å². The second kappa shape index (κ2) is 12.2. The van der Waals surface area contributed by atoms with Crippen LogP contribution in [0.25, 0.3) is 11.4 Å². The average molecular weight is 506 g/mol. The van der Waals surface area contributed by atoms with Crippen LogP contribution in [0.3, 0.4) is 0 Å². The van der Waals surface area contributed by atoms with Crippen molar-refractivity contribution in [2.75, 3.05) is 39.2 Å². The van der Waals surface area contributed by atoms with Gasteiger partial charge in [0.25, 0.3) is 5.91 Å². The molecule has 0 saturated carbocycles. The van der Waals surface area contributed by atoms with Gasteiger partial charge in [-0.1, -0.05) is 23.4 Å². The highest BCUT2D eigenvalue weighted by Crippen LogP contribution is 2.31. The minimum atomic E-state index is -0.252. The van der Waals surface area contributed by atoms with Gasteiger partial charge in [0, 0.05) is 18.0 Å². The summed E-state index contributed by atoms with van der Waals surface area (Å²) in [6, 6.07) is 12.4. The van der Waals surface area contributed by atoms with Crippen molar-refractivity contribution in [3.05, 3.63) is 66.6 Å². The highest BCUT2D eigenvalue weighted by atomic mass is 16.5. The topological polar surface area (TPSA) is 119 Å². The molecule has 10 heteroatoms. The average Bonchev–Trinajstić information content (AvgIpc) is 3.40. The minimum absolute atomic E-state index is 0.0860. The molecule has 1 aliphatic rings. The van der Waals surface area contributed by atoms with Crippen LogP contribution in [-0.4, -0.2) is 60.7 Å². The van der Waals surface area contributed by atoms with Crippen molar-refractivity contribution in [3.8, 4) is 22.9 Å². The Morgan fingerprint density at radius 1 is 1.14 bits per heavy atom. The molecule has 1 saturated heterocycles. The fraction of sp³-hybridized carbons (Fsp3) is 0.333. The van der Waals surface area contributed by atoms with Gasteiger partial charge in [-0.2, -0.15) is 4.98 Å². The smallest absolute Gasteiger partial charge is 0.253 e. The number of carbonyl (C=O) groups is 2. The Bertz CT molecular complexity index is 1250. The molecule has 2 N–H and O–H groups in total. The third-order valence-electron chi connectivity index (χ3n) is 6.26. The van der Waals surface area contributed by atoms with Crippen molar-refractivity contribution < 1.29 is 23.6 Å². The van der Waals surface area contributed by atoms with Gasteiger partial charge < -0.3 is 24.6 Å². The van der Waals surface area contributed by atoms with E-state index in [1.54, 1.807) is 56.7 Å². The number of ether oxygens (including phenoxy) is 2. The van der Waals surface area contributed by atoms with Crippen LogP contribution in [0.1, 0.15) is 29.1 Å². The lowest BCUT2D eigenvalue weighted by Gasteiger charge is -2.30. The number of aromatic nitrogens is 2. The van der Waals surface area contributed by atoms with Gasteiger partial charge in [0.2, 0.25) is 17.6 Å². The summed E-state index contributed by atoms with van der Waals surface area (Å²) in [6.45, 7) is 5.90. The molecule has 1 aromatic heterocycles. The molecule has 3 aromatic rings. The quantitative estimate of drug-likeness (QED) is 0.402. The zero-order chi connectivity index (χ0) is 26.2. The van der Waals surface area contributed by atoms with E-state index in [4.69, 9.17) is 14.0 Å². The number of anilines is 1. The van der Waals surface area contributed by atoms with Crippen LogP contribution in [0.5, 0.6) is 11.5 Å².